The fourth-order valence-electron chi connectivity index (χ4n) is 4.03. The van der Waals surface area contributed by atoms with Gasteiger partial charge in [0.25, 0.3) is 0 Å². The van der Waals surface area contributed by atoms with E-state index in [-0.39, 0.29) is 19.3 Å². The van der Waals surface area contributed by atoms with E-state index in [0.29, 0.717) is 0 Å². The number of fused-ring (bicyclic) bond motifs is 1. The Kier molecular flexibility index (Phi) is 5.49. The minimum atomic E-state index is -1.46. The molecule has 0 unspecified atom stereocenters. The highest BCUT2D eigenvalue weighted by molar-refractivity contribution is 5.84. The first-order valence-electron chi connectivity index (χ1n) is 9.77. The van der Waals surface area contributed by atoms with Crippen molar-refractivity contribution in [2.24, 2.45) is 5.11 Å². The molecule has 2 aromatic rings. The van der Waals surface area contributed by atoms with Crippen LogP contribution in [0.3, 0.4) is 0 Å². The number of azide groups is 1. The van der Waals surface area contributed by atoms with Crippen molar-refractivity contribution in [3.8, 4) is 0 Å². The Hall–Kier alpha value is -2.90. The third kappa shape index (κ3) is 3.78. The van der Waals surface area contributed by atoms with E-state index >= 15 is 0 Å². The van der Waals surface area contributed by atoms with Crippen LogP contribution in [-0.4, -0.2) is 42.7 Å². The van der Waals surface area contributed by atoms with Crippen molar-refractivity contribution in [2.75, 3.05) is 13.2 Å². The molecule has 156 valence electrons. The van der Waals surface area contributed by atoms with Gasteiger partial charge in [-0.3, -0.25) is 0 Å². The van der Waals surface area contributed by atoms with Crippen molar-refractivity contribution in [2.45, 2.75) is 43.5 Å². The maximum atomic E-state index is 12.7. The Morgan fingerprint density at radius 1 is 1.10 bits per heavy atom. The number of cyclic esters (lactones) is 1. The smallest absolute Gasteiger partial charge is 0.342 e. The average molecular weight is 409 g/mol. The van der Waals surface area contributed by atoms with Gasteiger partial charge in [0.05, 0.1) is 13.2 Å². The lowest BCUT2D eigenvalue weighted by molar-refractivity contribution is -0.200. The first kappa shape index (κ1) is 20.4. The van der Waals surface area contributed by atoms with E-state index in [9.17, 15) is 4.79 Å². The van der Waals surface area contributed by atoms with Crippen molar-refractivity contribution < 1.29 is 23.7 Å². The molecular weight excluding hydrogens is 386 g/mol. The molecule has 4 rings (SSSR count). The number of carbonyl (C=O) groups excluding carboxylic acids is 1. The number of hydrogen-bond acceptors (Lipinski definition) is 6. The van der Waals surface area contributed by atoms with Gasteiger partial charge >= 0.3 is 5.97 Å². The predicted octanol–water partition coefficient (Wildman–Crippen LogP) is 3.92. The number of esters is 1. The summed E-state index contributed by atoms with van der Waals surface area (Å²) in [6.07, 6.45) is -1.77. The summed E-state index contributed by atoms with van der Waals surface area (Å²) in [6.45, 7) is 3.33. The molecule has 2 aliphatic rings. The Labute approximate surface area is 174 Å². The second kappa shape index (κ2) is 8.08. The zero-order chi connectivity index (χ0) is 21.2. The maximum Gasteiger partial charge on any atom is 0.342 e. The standard InChI is InChI=1S/C22H23N3O5/c1-21(2)29-19-17(28-20(26)22(19,30-21)14-24-25-23)13-27-18(15-9-5-3-6-10-15)16-11-7-4-8-12-16/h3-12,17-19H,13-14H2,1-2H3/t17-,19-,22-/m0/s1. The van der Waals surface area contributed by atoms with Gasteiger partial charge in [-0.1, -0.05) is 65.8 Å². The quantitative estimate of drug-likeness (QED) is 0.298. The summed E-state index contributed by atoms with van der Waals surface area (Å²) < 4.78 is 23.6. The summed E-state index contributed by atoms with van der Waals surface area (Å²) in [5, 5.41) is 3.56. The topological polar surface area (TPSA) is 103 Å². The molecule has 2 saturated heterocycles. The van der Waals surface area contributed by atoms with Gasteiger partial charge in [-0.25, -0.2) is 4.79 Å². The van der Waals surface area contributed by atoms with Gasteiger partial charge in [0.2, 0.25) is 5.60 Å². The molecule has 2 aliphatic heterocycles. The molecule has 0 spiro atoms. The van der Waals surface area contributed by atoms with E-state index < -0.39 is 29.6 Å². The molecule has 2 heterocycles. The average Bonchev–Trinajstić information content (AvgIpc) is 3.16. The molecule has 2 aromatic carbocycles. The van der Waals surface area contributed by atoms with Gasteiger partial charge in [-0.2, -0.15) is 0 Å². The van der Waals surface area contributed by atoms with Gasteiger partial charge in [-0.15, -0.1) is 0 Å². The van der Waals surface area contributed by atoms with Gasteiger partial charge in [0.1, 0.15) is 12.2 Å². The lowest BCUT2D eigenvalue weighted by Crippen LogP contribution is -2.47. The maximum absolute atomic E-state index is 12.7. The van der Waals surface area contributed by atoms with Gasteiger partial charge in [0, 0.05) is 4.91 Å². The van der Waals surface area contributed by atoms with Crippen molar-refractivity contribution in [1.82, 2.24) is 0 Å². The normalized spacial score (nSPS) is 26.8. The molecule has 0 bridgehead atoms. The summed E-state index contributed by atoms with van der Waals surface area (Å²) in [7, 11) is 0. The molecule has 0 aliphatic carbocycles. The van der Waals surface area contributed by atoms with E-state index in [1.165, 1.54) is 0 Å². The molecule has 8 heteroatoms. The van der Waals surface area contributed by atoms with Gasteiger partial charge in [-0.05, 0) is 30.5 Å². The van der Waals surface area contributed by atoms with Gasteiger partial charge in [0.15, 0.2) is 11.9 Å². The Balaban J connectivity index is 1.57. The largest absolute Gasteiger partial charge is 0.455 e. The number of hydrogen-bond donors (Lipinski definition) is 0. The molecule has 0 radical (unpaired) electrons. The number of nitrogens with zero attached hydrogens (tertiary/aromatic N) is 3. The van der Waals surface area contributed by atoms with Crippen LogP contribution in [0.4, 0.5) is 0 Å². The minimum absolute atomic E-state index is 0.0995. The third-order valence-electron chi connectivity index (χ3n) is 5.24. The van der Waals surface area contributed by atoms with Crippen LogP contribution in [0.2, 0.25) is 0 Å². The summed E-state index contributed by atoms with van der Waals surface area (Å²) in [6, 6.07) is 19.6. The fourth-order valence-corrected chi connectivity index (χ4v) is 4.03. The van der Waals surface area contributed by atoms with Crippen molar-refractivity contribution in [1.29, 1.82) is 0 Å². The monoisotopic (exact) mass is 409 g/mol. The van der Waals surface area contributed by atoms with E-state index in [1.807, 2.05) is 60.7 Å². The van der Waals surface area contributed by atoms with E-state index in [1.54, 1.807) is 13.8 Å². The van der Waals surface area contributed by atoms with Crippen molar-refractivity contribution in [3.05, 3.63) is 82.2 Å². The van der Waals surface area contributed by atoms with Crippen LogP contribution in [0.1, 0.15) is 31.1 Å². The second-order valence-electron chi connectivity index (χ2n) is 7.80. The van der Waals surface area contributed by atoms with Crippen LogP contribution in [0.5, 0.6) is 0 Å². The van der Waals surface area contributed by atoms with Crippen LogP contribution in [0.15, 0.2) is 65.8 Å². The van der Waals surface area contributed by atoms with Crippen LogP contribution < -0.4 is 0 Å². The van der Waals surface area contributed by atoms with Crippen LogP contribution >= 0.6 is 0 Å². The highest BCUT2D eigenvalue weighted by Crippen LogP contribution is 2.45. The summed E-state index contributed by atoms with van der Waals surface area (Å²) >= 11 is 0. The van der Waals surface area contributed by atoms with Crippen LogP contribution in [0, 0.1) is 0 Å². The number of benzene rings is 2. The summed E-state index contributed by atoms with van der Waals surface area (Å²) in [4.78, 5) is 15.5. The molecule has 8 nitrogen and oxygen atoms in total. The van der Waals surface area contributed by atoms with Crippen molar-refractivity contribution in [3.63, 3.8) is 0 Å². The minimum Gasteiger partial charge on any atom is -0.455 e. The zero-order valence-corrected chi connectivity index (χ0v) is 16.8. The molecule has 0 aromatic heterocycles. The molecule has 2 fully saturated rings. The summed E-state index contributed by atoms with van der Waals surface area (Å²) in [5.41, 5.74) is 9.25. The molecule has 0 saturated carbocycles. The third-order valence-corrected chi connectivity index (χ3v) is 5.24. The number of ether oxygens (including phenoxy) is 4. The number of rotatable bonds is 7. The van der Waals surface area contributed by atoms with E-state index in [0.717, 1.165) is 11.1 Å². The second-order valence-corrected chi connectivity index (χ2v) is 7.80. The first-order chi connectivity index (χ1) is 14.5. The first-order valence-corrected chi connectivity index (χ1v) is 9.77. The van der Waals surface area contributed by atoms with Crippen LogP contribution in [-0.2, 0) is 23.7 Å². The molecular formula is C22H23N3O5. The lowest BCUT2D eigenvalue weighted by Gasteiger charge is -2.24. The Morgan fingerprint density at radius 2 is 1.70 bits per heavy atom. The van der Waals surface area contributed by atoms with Gasteiger partial charge < -0.3 is 18.9 Å². The number of carbonyl (C=O) groups is 1. The van der Waals surface area contributed by atoms with Crippen LogP contribution in [0.25, 0.3) is 10.4 Å². The Bertz CT molecular complexity index is 906. The predicted molar refractivity (Wildman–Crippen MR) is 107 cm³/mol. The summed E-state index contributed by atoms with van der Waals surface area (Å²) in [5.74, 6) is -1.61. The molecule has 30 heavy (non-hydrogen) atoms. The van der Waals surface area contributed by atoms with E-state index in [4.69, 9.17) is 24.5 Å². The lowest BCUT2D eigenvalue weighted by atomic mass is 9.96. The SMILES string of the molecule is CC1(C)O[C@H]2[C@H](COC(c3ccccc3)c3ccccc3)OC(=O)[C@@]2(CN=[N+]=[N-])O1. The molecule has 3 atom stereocenters. The Morgan fingerprint density at radius 3 is 2.27 bits per heavy atom. The van der Waals surface area contributed by atoms with E-state index in [2.05, 4.69) is 10.0 Å². The highest BCUT2D eigenvalue weighted by Gasteiger charge is 2.67. The van der Waals surface area contributed by atoms with Crippen molar-refractivity contribution >= 4 is 5.97 Å². The fraction of sp³-hybridized carbons (Fsp3) is 0.409. The molecule has 0 N–H and O–H groups in total. The highest BCUT2D eigenvalue weighted by atomic mass is 16.8. The zero-order valence-electron chi connectivity index (χ0n) is 16.8. The molecule has 0 amide bonds.